The summed E-state index contributed by atoms with van der Waals surface area (Å²) in [5.74, 6) is 0. The van der Waals surface area contributed by atoms with Gasteiger partial charge in [-0.05, 0) is 12.5 Å². The van der Waals surface area contributed by atoms with Gasteiger partial charge in [-0.25, -0.2) is 0 Å². The van der Waals surface area contributed by atoms with E-state index in [1.807, 2.05) is 6.21 Å². The molecule has 1 heterocycles. The smallest absolute Gasteiger partial charge is 0.0683 e. The standard InChI is InChI=1S/C12H21N/c1-2-3-4-5-6-7-9-12-10-8-11-13-12/h8,10-12H,2-7,9H2,1H3. The van der Waals surface area contributed by atoms with E-state index in [-0.39, 0.29) is 0 Å². The lowest BCUT2D eigenvalue weighted by atomic mass is 10.1. The second kappa shape index (κ2) is 6.88. The third-order valence-electron chi connectivity index (χ3n) is 2.55. The third-order valence-corrected chi connectivity index (χ3v) is 2.55. The van der Waals surface area contributed by atoms with Crippen LogP contribution in [0.5, 0.6) is 0 Å². The molecular formula is C12H21N. The number of allylic oxidation sites excluding steroid dienone is 1. The Labute approximate surface area is 82.0 Å². The molecule has 0 saturated carbocycles. The highest BCUT2D eigenvalue weighted by Gasteiger charge is 2.03. The van der Waals surface area contributed by atoms with E-state index < -0.39 is 0 Å². The quantitative estimate of drug-likeness (QED) is 0.528. The van der Waals surface area contributed by atoms with Gasteiger partial charge >= 0.3 is 0 Å². The van der Waals surface area contributed by atoms with Crippen LogP contribution in [0.25, 0.3) is 0 Å². The Balaban J connectivity index is 1.84. The Morgan fingerprint density at radius 2 is 1.85 bits per heavy atom. The SMILES string of the molecule is CCCCCCCCC1C=CC=N1. The molecule has 0 aliphatic carbocycles. The lowest BCUT2D eigenvalue weighted by molar-refractivity contribution is 0.573. The molecule has 74 valence electrons. The molecule has 1 nitrogen and oxygen atoms in total. The molecule has 0 fully saturated rings. The van der Waals surface area contributed by atoms with Gasteiger partial charge in [-0.15, -0.1) is 0 Å². The molecule has 0 aromatic carbocycles. The first kappa shape index (κ1) is 10.5. The molecule has 0 saturated heterocycles. The number of nitrogens with zero attached hydrogens (tertiary/aromatic N) is 1. The molecular weight excluding hydrogens is 158 g/mol. The van der Waals surface area contributed by atoms with Gasteiger partial charge in [-0.2, -0.15) is 0 Å². The van der Waals surface area contributed by atoms with Crippen molar-refractivity contribution in [1.29, 1.82) is 0 Å². The van der Waals surface area contributed by atoms with Crippen LogP contribution in [0, 0.1) is 0 Å². The maximum absolute atomic E-state index is 4.33. The molecule has 1 unspecified atom stereocenters. The van der Waals surface area contributed by atoms with Crippen molar-refractivity contribution in [3.8, 4) is 0 Å². The second-order valence-corrected chi connectivity index (χ2v) is 3.81. The summed E-state index contributed by atoms with van der Waals surface area (Å²) < 4.78 is 0. The molecule has 0 aromatic heterocycles. The maximum Gasteiger partial charge on any atom is 0.0683 e. The van der Waals surface area contributed by atoms with Crippen LogP contribution in [0.3, 0.4) is 0 Å². The van der Waals surface area contributed by atoms with Crippen LogP contribution in [-0.4, -0.2) is 12.3 Å². The number of aliphatic imine (C=N–C) groups is 1. The molecule has 1 aliphatic rings. The molecule has 0 aromatic rings. The van der Waals surface area contributed by atoms with Gasteiger partial charge in [0.25, 0.3) is 0 Å². The monoisotopic (exact) mass is 179 g/mol. The molecule has 1 rings (SSSR count). The van der Waals surface area contributed by atoms with E-state index in [1.165, 1.54) is 44.9 Å². The minimum atomic E-state index is 0.506. The molecule has 0 bridgehead atoms. The molecule has 0 spiro atoms. The largest absolute Gasteiger partial charge is 0.286 e. The van der Waals surface area contributed by atoms with Crippen molar-refractivity contribution in [1.82, 2.24) is 0 Å². The van der Waals surface area contributed by atoms with Crippen molar-refractivity contribution in [3.05, 3.63) is 12.2 Å². The predicted octanol–water partition coefficient (Wildman–Crippen LogP) is 3.75. The summed E-state index contributed by atoms with van der Waals surface area (Å²) in [7, 11) is 0. The van der Waals surface area contributed by atoms with Crippen molar-refractivity contribution >= 4 is 6.21 Å². The van der Waals surface area contributed by atoms with Gasteiger partial charge in [-0.1, -0.05) is 51.5 Å². The highest BCUT2D eigenvalue weighted by molar-refractivity contribution is 5.74. The molecule has 0 N–H and O–H groups in total. The van der Waals surface area contributed by atoms with Crippen molar-refractivity contribution in [3.63, 3.8) is 0 Å². The van der Waals surface area contributed by atoms with Crippen LogP contribution in [0.1, 0.15) is 51.9 Å². The zero-order valence-corrected chi connectivity index (χ0v) is 8.71. The van der Waals surface area contributed by atoms with E-state index in [4.69, 9.17) is 0 Å². The van der Waals surface area contributed by atoms with Crippen molar-refractivity contribution in [2.24, 2.45) is 4.99 Å². The van der Waals surface area contributed by atoms with Gasteiger partial charge in [0, 0.05) is 6.21 Å². The van der Waals surface area contributed by atoms with E-state index in [0.29, 0.717) is 6.04 Å². The molecule has 1 aliphatic heterocycles. The fourth-order valence-electron chi connectivity index (χ4n) is 1.69. The fourth-order valence-corrected chi connectivity index (χ4v) is 1.69. The minimum Gasteiger partial charge on any atom is -0.286 e. The van der Waals surface area contributed by atoms with Crippen molar-refractivity contribution in [2.45, 2.75) is 57.9 Å². The van der Waals surface area contributed by atoms with Crippen LogP contribution in [-0.2, 0) is 0 Å². The van der Waals surface area contributed by atoms with Gasteiger partial charge in [-0.3, -0.25) is 4.99 Å². The number of rotatable bonds is 7. The second-order valence-electron chi connectivity index (χ2n) is 3.81. The Hall–Kier alpha value is -0.590. The molecule has 0 amide bonds. The van der Waals surface area contributed by atoms with Crippen LogP contribution >= 0.6 is 0 Å². The first-order valence-corrected chi connectivity index (χ1v) is 5.63. The summed E-state index contributed by atoms with van der Waals surface area (Å²) >= 11 is 0. The van der Waals surface area contributed by atoms with Crippen LogP contribution in [0.4, 0.5) is 0 Å². The Bertz CT molecular complexity index is 158. The maximum atomic E-state index is 4.33. The first-order valence-electron chi connectivity index (χ1n) is 5.63. The molecule has 1 heteroatoms. The molecule has 1 atom stereocenters. The Morgan fingerprint density at radius 3 is 2.54 bits per heavy atom. The lowest BCUT2D eigenvalue weighted by Gasteiger charge is -2.03. The minimum absolute atomic E-state index is 0.506. The predicted molar refractivity (Wildman–Crippen MR) is 59.4 cm³/mol. The number of hydrogen-bond donors (Lipinski definition) is 0. The Morgan fingerprint density at radius 1 is 1.08 bits per heavy atom. The highest BCUT2D eigenvalue weighted by Crippen LogP contribution is 2.12. The van der Waals surface area contributed by atoms with E-state index >= 15 is 0 Å². The van der Waals surface area contributed by atoms with Crippen LogP contribution in [0.2, 0.25) is 0 Å². The highest BCUT2D eigenvalue weighted by atomic mass is 14.8. The van der Waals surface area contributed by atoms with Gasteiger partial charge < -0.3 is 0 Å². The van der Waals surface area contributed by atoms with Crippen molar-refractivity contribution < 1.29 is 0 Å². The van der Waals surface area contributed by atoms with E-state index in [9.17, 15) is 0 Å². The number of unbranched alkanes of at least 4 members (excludes halogenated alkanes) is 5. The van der Waals surface area contributed by atoms with Gasteiger partial charge in [0.1, 0.15) is 0 Å². The third kappa shape index (κ3) is 4.87. The summed E-state index contributed by atoms with van der Waals surface area (Å²) in [6.07, 6.45) is 15.7. The van der Waals surface area contributed by atoms with Gasteiger partial charge in [0.2, 0.25) is 0 Å². The van der Waals surface area contributed by atoms with E-state index in [1.54, 1.807) is 0 Å². The lowest BCUT2D eigenvalue weighted by Crippen LogP contribution is -1.96. The zero-order chi connectivity index (χ0) is 9.36. The summed E-state index contributed by atoms with van der Waals surface area (Å²) in [4.78, 5) is 4.33. The summed E-state index contributed by atoms with van der Waals surface area (Å²) in [5.41, 5.74) is 0. The first-order chi connectivity index (χ1) is 6.43. The van der Waals surface area contributed by atoms with Crippen molar-refractivity contribution in [2.75, 3.05) is 0 Å². The van der Waals surface area contributed by atoms with E-state index in [2.05, 4.69) is 24.1 Å². The van der Waals surface area contributed by atoms with Crippen LogP contribution in [0.15, 0.2) is 17.1 Å². The van der Waals surface area contributed by atoms with Crippen LogP contribution < -0.4 is 0 Å². The summed E-state index contributed by atoms with van der Waals surface area (Å²) in [5, 5.41) is 0. The fraction of sp³-hybridized carbons (Fsp3) is 0.750. The number of hydrogen-bond acceptors (Lipinski definition) is 1. The normalized spacial score (nSPS) is 19.9. The van der Waals surface area contributed by atoms with Gasteiger partial charge in [0.05, 0.1) is 6.04 Å². The molecule has 0 radical (unpaired) electrons. The molecule has 13 heavy (non-hydrogen) atoms. The Kier molecular flexibility index (Phi) is 5.55. The average molecular weight is 179 g/mol. The topological polar surface area (TPSA) is 12.4 Å². The zero-order valence-electron chi connectivity index (χ0n) is 8.71. The van der Waals surface area contributed by atoms with Gasteiger partial charge in [0.15, 0.2) is 0 Å². The average Bonchev–Trinajstić information content (AvgIpc) is 2.63. The summed E-state index contributed by atoms with van der Waals surface area (Å²) in [6, 6.07) is 0.506. The summed E-state index contributed by atoms with van der Waals surface area (Å²) in [6.45, 7) is 2.26. The van der Waals surface area contributed by atoms with E-state index in [0.717, 1.165) is 0 Å².